The van der Waals surface area contributed by atoms with Crippen LogP contribution in [0.4, 0.5) is 0 Å². The second-order valence-electron chi connectivity index (χ2n) is 5.94. The maximum atomic E-state index is 2.50. The standard InChI is InChI=1S/C12H23.2C4H7.Al/c1-3-5-7-9-11-12-10-8-6-4-2;2*1-3-4-2;/h1,3H,4-12H2,2H3;2*1,3H,4H2,2H3;. The van der Waals surface area contributed by atoms with Gasteiger partial charge in [0.1, 0.15) is 0 Å². The van der Waals surface area contributed by atoms with Gasteiger partial charge >= 0.3 is 14.1 Å². The molecule has 0 saturated heterocycles. The van der Waals surface area contributed by atoms with E-state index in [2.05, 4.69) is 53.8 Å². The highest BCUT2D eigenvalue weighted by atomic mass is 27.2. The Kier molecular flexibility index (Phi) is 17.6. The summed E-state index contributed by atoms with van der Waals surface area (Å²) >= 11 is -0.889. The summed E-state index contributed by atoms with van der Waals surface area (Å²) in [6.07, 6.45) is 22.0. The summed E-state index contributed by atoms with van der Waals surface area (Å²) in [6, 6.07) is 0. The van der Waals surface area contributed by atoms with E-state index in [1.54, 1.807) is 0 Å². The Labute approximate surface area is 138 Å². The predicted molar refractivity (Wildman–Crippen MR) is 101 cm³/mol. The van der Waals surface area contributed by atoms with Gasteiger partial charge in [0.15, 0.2) is 0 Å². The molecule has 0 atom stereocenters. The number of unbranched alkanes of at least 4 members (excludes halogenated alkanes) is 8. The maximum absolute atomic E-state index is 2.50. The van der Waals surface area contributed by atoms with E-state index >= 15 is 0 Å². The molecule has 0 amide bonds. The van der Waals surface area contributed by atoms with E-state index in [1.165, 1.54) is 57.8 Å². The van der Waals surface area contributed by atoms with Crippen LogP contribution in [-0.2, 0) is 0 Å². The average molecular weight is 304 g/mol. The number of hydrogen-bond acceptors (Lipinski definition) is 0. The van der Waals surface area contributed by atoms with Crippen LogP contribution in [0.15, 0.2) is 33.0 Å². The van der Waals surface area contributed by atoms with Crippen molar-refractivity contribution in [3.05, 3.63) is 33.0 Å². The molecule has 0 rings (SSSR count). The zero-order chi connectivity index (χ0) is 15.6. The third kappa shape index (κ3) is 16.0. The lowest BCUT2D eigenvalue weighted by Crippen LogP contribution is -2.01. The molecule has 0 aromatic rings. The van der Waals surface area contributed by atoms with Crippen molar-refractivity contribution in [2.45, 2.75) is 91.4 Å². The summed E-state index contributed by atoms with van der Waals surface area (Å²) in [6.45, 7) is 6.72. The number of hydrogen-bond donors (Lipinski definition) is 0. The molecule has 0 unspecified atom stereocenters. The molecule has 0 radical (unpaired) electrons. The van der Waals surface area contributed by atoms with E-state index in [0.717, 1.165) is 12.8 Å². The summed E-state index contributed by atoms with van der Waals surface area (Å²) < 4.78 is 0. The fourth-order valence-corrected chi connectivity index (χ4v) is 4.49. The molecule has 0 heterocycles. The largest absolute Gasteiger partial charge is 0.358 e. The third-order valence-electron chi connectivity index (χ3n) is 3.77. The van der Waals surface area contributed by atoms with E-state index in [0.29, 0.717) is 0 Å². The average Bonchev–Trinajstić information content (AvgIpc) is 2.51. The molecule has 1 heteroatoms. The molecule has 0 aliphatic rings. The Bertz CT molecular complexity index is 262. The first-order valence-electron chi connectivity index (χ1n) is 9.35. The van der Waals surface area contributed by atoms with E-state index in [1.807, 2.05) is 0 Å². The Morgan fingerprint density at radius 2 is 1.05 bits per heavy atom. The van der Waals surface area contributed by atoms with E-state index in [4.69, 9.17) is 0 Å². The third-order valence-corrected chi connectivity index (χ3v) is 5.92. The van der Waals surface area contributed by atoms with Crippen LogP contribution in [0.2, 0.25) is 0 Å². The van der Waals surface area contributed by atoms with Crippen LogP contribution in [0.25, 0.3) is 0 Å². The normalized spacial score (nSPS) is 12.1. The maximum Gasteiger partial charge on any atom is 0.358 e. The van der Waals surface area contributed by atoms with Crippen molar-refractivity contribution in [1.82, 2.24) is 0 Å². The van der Waals surface area contributed by atoms with Crippen molar-refractivity contribution in [2.24, 2.45) is 0 Å². The second-order valence-corrected chi connectivity index (χ2v) is 8.25. The van der Waals surface area contributed by atoms with Crippen molar-refractivity contribution < 1.29 is 0 Å². The molecular weight excluding hydrogens is 267 g/mol. The molecule has 0 nitrogen and oxygen atoms in total. The van der Waals surface area contributed by atoms with Crippen LogP contribution in [0.1, 0.15) is 91.4 Å². The van der Waals surface area contributed by atoms with Crippen molar-refractivity contribution in [3.63, 3.8) is 0 Å². The molecule has 0 aliphatic carbocycles. The molecule has 0 spiro atoms. The lowest BCUT2D eigenvalue weighted by atomic mass is 10.1. The monoisotopic (exact) mass is 304 g/mol. The zero-order valence-corrected chi connectivity index (χ0v) is 16.0. The summed E-state index contributed by atoms with van der Waals surface area (Å²) in [5.41, 5.74) is 0. The topological polar surface area (TPSA) is 0 Å². The number of allylic oxidation sites excluding steroid dienone is 3. The van der Waals surface area contributed by atoms with Gasteiger partial charge in [-0.2, -0.15) is 0 Å². The molecule has 0 aromatic carbocycles. The van der Waals surface area contributed by atoms with Crippen LogP contribution in [0.3, 0.4) is 0 Å². The van der Waals surface area contributed by atoms with Crippen LogP contribution < -0.4 is 0 Å². The number of rotatable bonds is 14. The first-order chi connectivity index (χ1) is 10.3. The Morgan fingerprint density at radius 1 is 0.571 bits per heavy atom. The highest BCUT2D eigenvalue weighted by Gasteiger charge is 2.02. The van der Waals surface area contributed by atoms with Gasteiger partial charge < -0.3 is 0 Å². The Morgan fingerprint density at radius 3 is 1.57 bits per heavy atom. The lowest BCUT2D eigenvalue weighted by molar-refractivity contribution is 0.577. The van der Waals surface area contributed by atoms with Crippen molar-refractivity contribution in [3.8, 4) is 0 Å². The minimum absolute atomic E-state index is 0.889. The molecule has 21 heavy (non-hydrogen) atoms. The molecule has 0 aliphatic heterocycles. The van der Waals surface area contributed by atoms with Gasteiger partial charge in [-0.25, -0.2) is 0 Å². The lowest BCUT2D eigenvalue weighted by Gasteiger charge is -2.00. The van der Waals surface area contributed by atoms with Gasteiger partial charge in [-0.3, -0.25) is 0 Å². The summed E-state index contributed by atoms with van der Waals surface area (Å²) in [7, 11) is 0. The fourth-order valence-electron chi connectivity index (χ4n) is 2.43. The van der Waals surface area contributed by atoms with Gasteiger partial charge in [0.25, 0.3) is 0 Å². The minimum atomic E-state index is -0.889. The van der Waals surface area contributed by atoms with E-state index in [-0.39, 0.29) is 0 Å². The smallest absolute Gasteiger partial charge is 0.140 e. The van der Waals surface area contributed by atoms with Crippen LogP contribution in [-0.4, -0.2) is 14.1 Å². The van der Waals surface area contributed by atoms with Gasteiger partial charge in [0.05, 0.1) is 0 Å². The molecule has 0 bridgehead atoms. The summed E-state index contributed by atoms with van der Waals surface area (Å²) in [5, 5.41) is 0. The van der Waals surface area contributed by atoms with Crippen molar-refractivity contribution >= 4 is 14.1 Å². The zero-order valence-electron chi connectivity index (χ0n) is 14.8. The Balaban J connectivity index is 3.66. The minimum Gasteiger partial charge on any atom is -0.140 e. The van der Waals surface area contributed by atoms with Gasteiger partial charge in [-0.1, -0.05) is 65.7 Å². The van der Waals surface area contributed by atoms with Gasteiger partial charge in [0.2, 0.25) is 0 Å². The molecule has 0 saturated carbocycles. The van der Waals surface area contributed by atoms with Gasteiger partial charge in [-0.05, 0) is 25.7 Å². The molecule has 120 valence electrons. The van der Waals surface area contributed by atoms with Crippen molar-refractivity contribution in [2.75, 3.05) is 0 Å². The summed E-state index contributed by atoms with van der Waals surface area (Å²) in [5.74, 6) is 0. The van der Waals surface area contributed by atoms with Crippen molar-refractivity contribution in [1.29, 1.82) is 0 Å². The molecule has 0 aromatic heterocycles. The Hall–Kier alpha value is -0.248. The van der Waals surface area contributed by atoms with Gasteiger partial charge in [-0.15, -0.1) is 33.0 Å². The SMILES string of the molecule is CCC=[CH][Al]([CH]=CCC)[CH]=CCCCCCCCCCC. The molecule has 0 N–H and O–H groups in total. The molecular formula is C20H37Al. The van der Waals surface area contributed by atoms with E-state index in [9.17, 15) is 0 Å². The second kappa shape index (κ2) is 17.8. The fraction of sp³-hybridized carbons (Fsp3) is 0.700. The highest BCUT2D eigenvalue weighted by Crippen LogP contribution is 2.10. The van der Waals surface area contributed by atoms with E-state index < -0.39 is 14.1 Å². The predicted octanol–water partition coefficient (Wildman–Crippen LogP) is 7.12. The van der Waals surface area contributed by atoms with Crippen LogP contribution in [0, 0.1) is 0 Å². The highest BCUT2D eigenvalue weighted by molar-refractivity contribution is 6.74. The quantitative estimate of drug-likeness (QED) is 0.237. The first-order valence-corrected chi connectivity index (χ1v) is 11.3. The summed E-state index contributed by atoms with van der Waals surface area (Å²) in [4.78, 5) is 7.41. The van der Waals surface area contributed by atoms with Crippen LogP contribution in [0.5, 0.6) is 0 Å². The molecule has 0 fully saturated rings. The first kappa shape index (κ1) is 20.8. The van der Waals surface area contributed by atoms with Gasteiger partial charge in [0, 0.05) is 0 Å². The van der Waals surface area contributed by atoms with Crippen LogP contribution >= 0.6 is 0 Å².